The van der Waals surface area contributed by atoms with Crippen LogP contribution in [-0.2, 0) is 4.74 Å². The highest BCUT2D eigenvalue weighted by Crippen LogP contribution is 2.38. The molecule has 0 spiro atoms. The van der Waals surface area contributed by atoms with Crippen LogP contribution in [0.1, 0.15) is 39.6 Å². The van der Waals surface area contributed by atoms with E-state index < -0.39 is 0 Å². The normalized spacial score (nSPS) is 27.9. The second-order valence-corrected chi connectivity index (χ2v) is 5.03. The van der Waals surface area contributed by atoms with E-state index in [4.69, 9.17) is 4.74 Å². The van der Waals surface area contributed by atoms with Crippen molar-refractivity contribution in [3.63, 3.8) is 0 Å². The van der Waals surface area contributed by atoms with E-state index in [0.29, 0.717) is 0 Å². The predicted molar refractivity (Wildman–Crippen MR) is 59.4 cm³/mol. The van der Waals surface area contributed by atoms with Gasteiger partial charge in [0.2, 0.25) is 0 Å². The van der Waals surface area contributed by atoms with Crippen molar-refractivity contribution in [2.45, 2.75) is 45.1 Å². The van der Waals surface area contributed by atoms with Crippen molar-refractivity contribution in [1.29, 1.82) is 0 Å². The smallest absolute Gasteiger partial charge is 0.152 e. The summed E-state index contributed by atoms with van der Waals surface area (Å²) in [6.07, 6.45) is 1.69. The lowest BCUT2D eigenvalue weighted by atomic mass is 9.87. The number of rotatable bonds is 1. The molecular weight excluding hydrogens is 188 g/mol. The largest absolute Gasteiger partial charge is 0.350 e. The minimum atomic E-state index is -0.185. The molecule has 82 valence electrons. The Hall–Kier alpha value is -0.930. The fraction of sp³-hybridized carbons (Fsp3) is 0.583. The van der Waals surface area contributed by atoms with Crippen LogP contribution in [-0.4, -0.2) is 16.1 Å². The molecule has 1 unspecified atom stereocenters. The van der Waals surface area contributed by atoms with Crippen molar-refractivity contribution in [1.82, 2.24) is 10.3 Å². The second-order valence-electron chi connectivity index (χ2n) is 5.03. The molecule has 1 atom stereocenters. The molecular formula is C12H18N2O. The zero-order chi connectivity index (χ0) is 11.1. The summed E-state index contributed by atoms with van der Waals surface area (Å²) in [5.74, 6) is 0. The van der Waals surface area contributed by atoms with Gasteiger partial charge in [-0.05, 0) is 39.8 Å². The molecule has 3 nitrogen and oxygen atoms in total. The molecule has 1 saturated heterocycles. The van der Waals surface area contributed by atoms with Gasteiger partial charge in [0.15, 0.2) is 6.23 Å². The monoisotopic (exact) mass is 206 g/mol. The molecule has 1 aromatic heterocycles. The van der Waals surface area contributed by atoms with E-state index in [1.807, 2.05) is 18.2 Å². The molecule has 0 aromatic carbocycles. The molecule has 1 fully saturated rings. The van der Waals surface area contributed by atoms with Crippen molar-refractivity contribution in [2.24, 2.45) is 0 Å². The van der Waals surface area contributed by atoms with Crippen LogP contribution >= 0.6 is 0 Å². The number of nitrogens with one attached hydrogen (secondary N) is 1. The van der Waals surface area contributed by atoms with Crippen LogP contribution in [0.25, 0.3) is 0 Å². The number of hydrogen-bond acceptors (Lipinski definition) is 3. The van der Waals surface area contributed by atoms with Crippen molar-refractivity contribution in [2.75, 3.05) is 0 Å². The van der Waals surface area contributed by atoms with Gasteiger partial charge in [-0.2, -0.15) is 0 Å². The Bertz CT molecular complexity index is 330. The van der Waals surface area contributed by atoms with Gasteiger partial charge >= 0.3 is 0 Å². The first-order valence-corrected chi connectivity index (χ1v) is 5.29. The third-order valence-corrected chi connectivity index (χ3v) is 3.37. The lowest BCUT2D eigenvalue weighted by molar-refractivity contribution is -0.0366. The first kappa shape index (κ1) is 10.6. The van der Waals surface area contributed by atoms with E-state index >= 15 is 0 Å². The van der Waals surface area contributed by atoms with Crippen molar-refractivity contribution < 1.29 is 4.74 Å². The highest BCUT2D eigenvalue weighted by molar-refractivity contribution is 5.12. The first-order valence-electron chi connectivity index (χ1n) is 5.29. The summed E-state index contributed by atoms with van der Waals surface area (Å²) in [6.45, 7) is 8.50. The summed E-state index contributed by atoms with van der Waals surface area (Å²) in [4.78, 5) is 4.30. The fourth-order valence-corrected chi connectivity index (χ4v) is 1.64. The molecule has 1 aliphatic rings. The average molecular weight is 206 g/mol. The van der Waals surface area contributed by atoms with Gasteiger partial charge < -0.3 is 4.74 Å². The summed E-state index contributed by atoms with van der Waals surface area (Å²) in [7, 11) is 0. The second kappa shape index (κ2) is 3.29. The Morgan fingerprint density at radius 3 is 2.47 bits per heavy atom. The lowest BCUT2D eigenvalue weighted by Crippen LogP contribution is -2.48. The zero-order valence-corrected chi connectivity index (χ0v) is 9.74. The first-order chi connectivity index (χ1) is 6.92. The summed E-state index contributed by atoms with van der Waals surface area (Å²) < 4.78 is 5.98. The van der Waals surface area contributed by atoms with Crippen LogP contribution in [0.4, 0.5) is 0 Å². The van der Waals surface area contributed by atoms with Gasteiger partial charge in [-0.3, -0.25) is 10.3 Å². The van der Waals surface area contributed by atoms with Crippen LogP contribution in [0.2, 0.25) is 0 Å². The molecule has 3 heteroatoms. The van der Waals surface area contributed by atoms with Crippen LogP contribution in [0.3, 0.4) is 0 Å². The van der Waals surface area contributed by atoms with Crippen molar-refractivity contribution >= 4 is 0 Å². The lowest BCUT2D eigenvalue weighted by Gasteiger charge is -2.31. The minimum absolute atomic E-state index is 0.0464. The summed E-state index contributed by atoms with van der Waals surface area (Å²) in [5.41, 5.74) is 0.709. The highest BCUT2D eigenvalue weighted by atomic mass is 16.5. The zero-order valence-electron chi connectivity index (χ0n) is 9.74. The van der Waals surface area contributed by atoms with Crippen LogP contribution in [0.15, 0.2) is 24.4 Å². The molecule has 0 saturated carbocycles. The minimum Gasteiger partial charge on any atom is -0.350 e. The summed E-state index contributed by atoms with van der Waals surface area (Å²) in [6, 6.07) is 5.87. The number of aromatic nitrogens is 1. The Kier molecular flexibility index (Phi) is 2.32. The maximum Gasteiger partial charge on any atom is 0.152 e. The van der Waals surface area contributed by atoms with Gasteiger partial charge in [-0.15, -0.1) is 0 Å². The van der Waals surface area contributed by atoms with E-state index in [1.165, 1.54) is 0 Å². The predicted octanol–water partition coefficient (Wildman–Crippen LogP) is 2.26. The van der Waals surface area contributed by atoms with Crippen LogP contribution in [0, 0.1) is 0 Å². The number of pyridine rings is 1. The Balaban J connectivity index is 2.24. The molecule has 1 N–H and O–H groups in total. The van der Waals surface area contributed by atoms with Crippen molar-refractivity contribution in [3.8, 4) is 0 Å². The average Bonchev–Trinajstić information content (AvgIpc) is 2.38. The molecule has 1 aromatic rings. The maximum absolute atomic E-state index is 5.98. The molecule has 2 heterocycles. The maximum atomic E-state index is 5.98. The number of nitrogens with zero attached hydrogens (tertiary/aromatic N) is 1. The van der Waals surface area contributed by atoms with Crippen LogP contribution in [0.5, 0.6) is 0 Å². The molecule has 0 bridgehead atoms. The third kappa shape index (κ3) is 1.77. The van der Waals surface area contributed by atoms with Gasteiger partial charge in [0.25, 0.3) is 0 Å². The van der Waals surface area contributed by atoms with E-state index in [0.717, 1.165) is 5.69 Å². The van der Waals surface area contributed by atoms with Crippen LogP contribution < -0.4 is 5.32 Å². The quantitative estimate of drug-likeness (QED) is 0.765. The van der Waals surface area contributed by atoms with E-state index in [2.05, 4.69) is 38.0 Å². The summed E-state index contributed by atoms with van der Waals surface area (Å²) in [5, 5.41) is 3.45. The summed E-state index contributed by atoms with van der Waals surface area (Å²) >= 11 is 0. The Morgan fingerprint density at radius 1 is 1.27 bits per heavy atom. The third-order valence-electron chi connectivity index (χ3n) is 3.37. The molecule has 2 rings (SSSR count). The SMILES string of the molecule is CC1(C)NC(c2ccccn2)OC1(C)C. The fourth-order valence-electron chi connectivity index (χ4n) is 1.64. The molecule has 0 aliphatic carbocycles. The standard InChI is InChI=1S/C12H18N2O/c1-11(2)12(3,4)15-10(14-11)9-7-5-6-8-13-9/h5-8,10,14H,1-4H3. The van der Waals surface area contributed by atoms with E-state index in [1.54, 1.807) is 6.20 Å². The van der Waals surface area contributed by atoms with Crippen molar-refractivity contribution in [3.05, 3.63) is 30.1 Å². The molecule has 0 amide bonds. The molecule has 15 heavy (non-hydrogen) atoms. The van der Waals surface area contributed by atoms with Gasteiger partial charge in [-0.25, -0.2) is 0 Å². The van der Waals surface area contributed by atoms with Gasteiger partial charge in [0.05, 0.1) is 11.3 Å². The highest BCUT2D eigenvalue weighted by Gasteiger charge is 2.47. The van der Waals surface area contributed by atoms with Gasteiger partial charge in [0.1, 0.15) is 0 Å². The Labute approximate surface area is 90.9 Å². The van der Waals surface area contributed by atoms with Gasteiger partial charge in [-0.1, -0.05) is 6.07 Å². The topological polar surface area (TPSA) is 34.2 Å². The molecule has 0 radical (unpaired) electrons. The number of hydrogen-bond donors (Lipinski definition) is 1. The van der Waals surface area contributed by atoms with Gasteiger partial charge in [0, 0.05) is 11.7 Å². The van der Waals surface area contributed by atoms with E-state index in [9.17, 15) is 0 Å². The molecule has 1 aliphatic heterocycles. The number of ether oxygens (including phenoxy) is 1. The van der Waals surface area contributed by atoms with E-state index in [-0.39, 0.29) is 17.4 Å². The Morgan fingerprint density at radius 2 is 2.00 bits per heavy atom.